The van der Waals surface area contributed by atoms with Gasteiger partial charge in [0.15, 0.2) is 0 Å². The highest BCUT2D eigenvalue weighted by atomic mass is 127. The molecule has 7 heteroatoms. The van der Waals surface area contributed by atoms with Crippen molar-refractivity contribution < 1.29 is 4.79 Å². The van der Waals surface area contributed by atoms with Gasteiger partial charge in [-0.1, -0.05) is 6.07 Å². The van der Waals surface area contributed by atoms with Gasteiger partial charge < -0.3 is 15.1 Å². The topological polar surface area (TPSA) is 61.4 Å². The zero-order valence-electron chi connectivity index (χ0n) is 14.5. The average Bonchev–Trinajstić information content (AvgIpc) is 2.61. The molecular formula is C18H22IN5O. The van der Waals surface area contributed by atoms with Crippen LogP contribution in [0.4, 0.5) is 11.8 Å². The molecule has 2 aromatic rings. The van der Waals surface area contributed by atoms with Crippen molar-refractivity contribution in [3.8, 4) is 0 Å². The lowest BCUT2D eigenvalue weighted by atomic mass is 10.2. The van der Waals surface area contributed by atoms with Gasteiger partial charge in [0.2, 0.25) is 5.95 Å². The summed E-state index contributed by atoms with van der Waals surface area (Å²) in [6, 6.07) is 9.68. The number of piperazine rings is 1. The van der Waals surface area contributed by atoms with Crippen LogP contribution < -0.4 is 10.2 Å². The smallest absolute Gasteiger partial charge is 0.254 e. The van der Waals surface area contributed by atoms with Crippen molar-refractivity contribution in [2.75, 3.05) is 42.9 Å². The minimum Gasteiger partial charge on any atom is -0.370 e. The molecular weight excluding hydrogens is 429 g/mol. The standard InChI is InChI=1S/C18H22IN5O/c1-3-20-16-11-13(2)21-18(22-16)24-9-7-23(8-10-24)17(25)14-5-4-6-15(19)12-14/h4-6,11-12H,3,7-10H2,1-2H3,(H,20,21,22). The highest BCUT2D eigenvalue weighted by molar-refractivity contribution is 14.1. The van der Waals surface area contributed by atoms with Gasteiger partial charge in [-0.2, -0.15) is 4.98 Å². The minimum atomic E-state index is 0.0941. The first kappa shape index (κ1) is 17.9. The molecule has 1 aliphatic heterocycles. The van der Waals surface area contributed by atoms with Crippen LogP contribution in [0.15, 0.2) is 30.3 Å². The maximum absolute atomic E-state index is 12.7. The fourth-order valence-electron chi connectivity index (χ4n) is 2.88. The molecule has 6 nitrogen and oxygen atoms in total. The molecule has 1 aromatic carbocycles. The number of aromatic nitrogens is 2. The molecule has 1 aliphatic rings. The Morgan fingerprint density at radius 3 is 2.64 bits per heavy atom. The van der Waals surface area contributed by atoms with Gasteiger partial charge in [-0.15, -0.1) is 0 Å². The maximum Gasteiger partial charge on any atom is 0.254 e. The molecule has 0 atom stereocenters. The molecule has 3 rings (SSSR count). The number of carbonyl (C=O) groups excluding carboxylic acids is 1. The summed E-state index contributed by atoms with van der Waals surface area (Å²) < 4.78 is 1.08. The lowest BCUT2D eigenvalue weighted by Crippen LogP contribution is -2.49. The molecule has 1 amide bonds. The second kappa shape index (κ2) is 7.99. The van der Waals surface area contributed by atoms with Crippen molar-refractivity contribution in [1.82, 2.24) is 14.9 Å². The summed E-state index contributed by atoms with van der Waals surface area (Å²) in [6.07, 6.45) is 0. The summed E-state index contributed by atoms with van der Waals surface area (Å²) in [4.78, 5) is 25.8. The van der Waals surface area contributed by atoms with Crippen molar-refractivity contribution in [3.05, 3.63) is 45.2 Å². The summed E-state index contributed by atoms with van der Waals surface area (Å²) in [5.41, 5.74) is 1.69. The van der Waals surface area contributed by atoms with Crippen LogP contribution in [0.3, 0.4) is 0 Å². The number of rotatable bonds is 4. The molecule has 2 heterocycles. The largest absolute Gasteiger partial charge is 0.370 e. The second-order valence-corrected chi connectivity index (χ2v) is 7.26. The Balaban J connectivity index is 1.66. The molecule has 1 aromatic heterocycles. The van der Waals surface area contributed by atoms with Crippen LogP contribution in [0, 0.1) is 10.5 Å². The van der Waals surface area contributed by atoms with E-state index in [1.54, 1.807) is 0 Å². The normalized spacial score (nSPS) is 14.5. The fourth-order valence-corrected chi connectivity index (χ4v) is 3.42. The van der Waals surface area contributed by atoms with Crippen molar-refractivity contribution in [2.24, 2.45) is 0 Å². The lowest BCUT2D eigenvalue weighted by molar-refractivity contribution is 0.0746. The number of amides is 1. The highest BCUT2D eigenvalue weighted by Gasteiger charge is 2.24. The third kappa shape index (κ3) is 4.39. The number of anilines is 2. The summed E-state index contributed by atoms with van der Waals surface area (Å²) in [5, 5.41) is 3.24. The zero-order chi connectivity index (χ0) is 17.8. The molecule has 0 radical (unpaired) electrons. The molecule has 0 unspecified atom stereocenters. The van der Waals surface area contributed by atoms with E-state index in [0.717, 1.165) is 46.2 Å². The third-order valence-electron chi connectivity index (χ3n) is 4.12. The summed E-state index contributed by atoms with van der Waals surface area (Å²) in [6.45, 7) is 7.69. The van der Waals surface area contributed by atoms with Crippen LogP contribution in [0.25, 0.3) is 0 Å². The van der Waals surface area contributed by atoms with E-state index in [4.69, 9.17) is 0 Å². The molecule has 1 saturated heterocycles. The van der Waals surface area contributed by atoms with Gasteiger partial charge in [0.25, 0.3) is 5.91 Å². The van der Waals surface area contributed by atoms with Crippen molar-refractivity contribution in [1.29, 1.82) is 0 Å². The number of nitrogens with one attached hydrogen (secondary N) is 1. The van der Waals surface area contributed by atoms with Crippen molar-refractivity contribution in [2.45, 2.75) is 13.8 Å². The van der Waals surface area contributed by atoms with Crippen molar-refractivity contribution >= 4 is 40.3 Å². The molecule has 0 bridgehead atoms. The molecule has 1 N–H and O–H groups in total. The van der Waals surface area contributed by atoms with Crippen LogP contribution in [0.5, 0.6) is 0 Å². The van der Waals surface area contributed by atoms with E-state index in [1.165, 1.54) is 0 Å². The Morgan fingerprint density at radius 2 is 1.96 bits per heavy atom. The predicted molar refractivity (Wildman–Crippen MR) is 108 cm³/mol. The number of aryl methyl sites for hydroxylation is 1. The SMILES string of the molecule is CCNc1cc(C)nc(N2CCN(C(=O)c3cccc(I)c3)CC2)n1. The van der Waals surface area contributed by atoms with Crippen molar-refractivity contribution in [3.63, 3.8) is 0 Å². The van der Waals surface area contributed by atoms with Gasteiger partial charge in [-0.25, -0.2) is 4.98 Å². The van der Waals surface area contributed by atoms with E-state index in [0.29, 0.717) is 13.1 Å². The lowest BCUT2D eigenvalue weighted by Gasteiger charge is -2.35. The first-order chi connectivity index (χ1) is 12.1. The Kier molecular flexibility index (Phi) is 5.72. The Bertz CT molecular complexity index is 759. The van der Waals surface area contributed by atoms with Crippen LogP contribution in [0.2, 0.25) is 0 Å². The second-order valence-electron chi connectivity index (χ2n) is 6.01. The summed E-state index contributed by atoms with van der Waals surface area (Å²) in [5.74, 6) is 1.68. The molecule has 1 fully saturated rings. The Hall–Kier alpha value is -1.90. The molecule has 0 spiro atoms. The zero-order valence-corrected chi connectivity index (χ0v) is 16.7. The van der Waals surface area contributed by atoms with E-state index in [-0.39, 0.29) is 5.91 Å². The first-order valence-corrected chi connectivity index (χ1v) is 9.54. The number of halogens is 1. The van der Waals surface area contributed by atoms with Gasteiger partial charge in [-0.05, 0) is 54.6 Å². The van der Waals surface area contributed by atoms with Gasteiger partial charge in [0.1, 0.15) is 5.82 Å². The fraction of sp³-hybridized carbons (Fsp3) is 0.389. The number of nitrogens with zero attached hydrogens (tertiary/aromatic N) is 4. The van der Waals surface area contributed by atoms with Crippen LogP contribution in [0.1, 0.15) is 23.0 Å². The van der Waals surface area contributed by atoms with E-state index >= 15 is 0 Å². The monoisotopic (exact) mass is 451 g/mol. The van der Waals surface area contributed by atoms with E-state index in [1.807, 2.05) is 49.1 Å². The Morgan fingerprint density at radius 1 is 1.20 bits per heavy atom. The van der Waals surface area contributed by atoms with Gasteiger partial charge in [0.05, 0.1) is 0 Å². The van der Waals surface area contributed by atoms with E-state index in [9.17, 15) is 4.79 Å². The van der Waals surface area contributed by atoms with Gasteiger partial charge >= 0.3 is 0 Å². The number of benzene rings is 1. The Labute approximate surface area is 161 Å². The maximum atomic E-state index is 12.7. The van der Waals surface area contributed by atoms with Gasteiger partial charge in [0, 0.05) is 53.6 Å². The summed E-state index contributed by atoms with van der Waals surface area (Å²) in [7, 11) is 0. The number of hydrogen-bond donors (Lipinski definition) is 1. The van der Waals surface area contributed by atoms with E-state index in [2.05, 4.69) is 42.8 Å². The highest BCUT2D eigenvalue weighted by Crippen LogP contribution is 2.17. The number of hydrogen-bond acceptors (Lipinski definition) is 5. The first-order valence-electron chi connectivity index (χ1n) is 8.46. The van der Waals surface area contributed by atoms with Crippen LogP contribution >= 0.6 is 22.6 Å². The molecule has 132 valence electrons. The van der Waals surface area contributed by atoms with Crippen LogP contribution in [-0.4, -0.2) is 53.5 Å². The predicted octanol–water partition coefficient (Wildman–Crippen LogP) is 2.78. The molecule has 0 aliphatic carbocycles. The average molecular weight is 451 g/mol. The molecule has 0 saturated carbocycles. The van der Waals surface area contributed by atoms with Crippen LogP contribution in [-0.2, 0) is 0 Å². The summed E-state index contributed by atoms with van der Waals surface area (Å²) >= 11 is 2.23. The molecule has 25 heavy (non-hydrogen) atoms. The quantitative estimate of drug-likeness (QED) is 0.725. The van der Waals surface area contributed by atoms with Gasteiger partial charge in [-0.3, -0.25) is 4.79 Å². The minimum absolute atomic E-state index is 0.0941. The third-order valence-corrected chi connectivity index (χ3v) is 4.79. The number of carbonyl (C=O) groups is 1. The van der Waals surface area contributed by atoms with E-state index < -0.39 is 0 Å².